The number of benzene rings is 2. The first kappa shape index (κ1) is 17.9. The molecule has 3 aromatic rings. The Morgan fingerprint density at radius 1 is 1.33 bits per heavy atom. The third-order valence-corrected chi connectivity index (χ3v) is 3.49. The van der Waals surface area contributed by atoms with Gasteiger partial charge in [-0.05, 0) is 29.5 Å². The number of halogens is 1. The molecule has 0 aliphatic carbocycles. The van der Waals surface area contributed by atoms with Gasteiger partial charge in [-0.3, -0.25) is 14.9 Å². The summed E-state index contributed by atoms with van der Waals surface area (Å²) >= 11 is 0. The van der Waals surface area contributed by atoms with Crippen LogP contribution in [0.3, 0.4) is 0 Å². The summed E-state index contributed by atoms with van der Waals surface area (Å²) in [6.07, 6.45) is 0. The summed E-state index contributed by atoms with van der Waals surface area (Å²) in [7, 11) is 1.54. The van der Waals surface area contributed by atoms with Gasteiger partial charge in [-0.1, -0.05) is 12.1 Å². The highest BCUT2D eigenvalue weighted by Crippen LogP contribution is 2.22. The zero-order valence-electron chi connectivity index (χ0n) is 14.0. The molecule has 3 rings (SSSR count). The predicted molar refractivity (Wildman–Crippen MR) is 91.5 cm³/mol. The predicted octanol–water partition coefficient (Wildman–Crippen LogP) is 2.03. The van der Waals surface area contributed by atoms with Gasteiger partial charge in [-0.25, -0.2) is 0 Å². The number of methoxy groups -OCH3 is 1. The lowest BCUT2D eigenvalue weighted by Crippen LogP contribution is -2.20. The van der Waals surface area contributed by atoms with Crippen molar-refractivity contribution in [3.63, 3.8) is 0 Å². The van der Waals surface area contributed by atoms with Crippen molar-refractivity contribution in [2.75, 3.05) is 12.4 Å². The highest BCUT2D eigenvalue weighted by molar-refractivity contribution is 5.90. The second kappa shape index (κ2) is 7.56. The number of carbonyl (C=O) groups excluding carboxylic acids is 1. The van der Waals surface area contributed by atoms with Crippen molar-refractivity contribution in [3.05, 3.63) is 58.4 Å². The van der Waals surface area contributed by atoms with E-state index in [1.165, 1.54) is 13.2 Å². The largest absolute Gasteiger partial charge is 0.497 e. The molecule has 1 heterocycles. The van der Waals surface area contributed by atoms with E-state index in [-0.39, 0.29) is 12.2 Å². The standard InChI is InChI=1S/C16H13FN6O4/c1-27-12-4-2-3-10(7-12)16-19-21-22(20-16)9-15(24)18-11-5-6-13(17)14(8-11)23(25)26/h2-8H,9H2,1H3,(H,18,24). The second-order valence-corrected chi connectivity index (χ2v) is 5.35. The van der Waals surface area contributed by atoms with Crippen LogP contribution in [0.2, 0.25) is 0 Å². The summed E-state index contributed by atoms with van der Waals surface area (Å²) in [6, 6.07) is 10.1. The molecule has 0 saturated heterocycles. The number of nitrogens with one attached hydrogen (secondary N) is 1. The minimum Gasteiger partial charge on any atom is -0.497 e. The number of hydrogen-bond donors (Lipinski definition) is 1. The van der Waals surface area contributed by atoms with Gasteiger partial charge in [0.25, 0.3) is 0 Å². The summed E-state index contributed by atoms with van der Waals surface area (Å²) in [5.74, 6) is -0.608. The van der Waals surface area contributed by atoms with Gasteiger partial charge in [0.05, 0.1) is 12.0 Å². The Labute approximate surface area is 151 Å². The van der Waals surface area contributed by atoms with E-state index in [1.807, 2.05) is 0 Å². The molecule has 0 bridgehead atoms. The SMILES string of the molecule is COc1cccc(-c2nnn(CC(=O)Nc3ccc(F)c([N+](=O)[O-])c3)n2)c1. The molecule has 0 atom stereocenters. The molecule has 1 N–H and O–H groups in total. The molecule has 0 radical (unpaired) electrons. The first-order chi connectivity index (χ1) is 13.0. The molecule has 10 nitrogen and oxygen atoms in total. The third kappa shape index (κ3) is 4.21. The number of anilines is 1. The smallest absolute Gasteiger partial charge is 0.306 e. The van der Waals surface area contributed by atoms with Crippen molar-refractivity contribution in [2.24, 2.45) is 0 Å². The summed E-state index contributed by atoms with van der Waals surface area (Å²) in [6.45, 7) is -0.276. The number of nitro benzene ring substituents is 1. The van der Waals surface area contributed by atoms with Crippen molar-refractivity contribution < 1.29 is 18.8 Å². The van der Waals surface area contributed by atoms with Crippen LogP contribution in [0, 0.1) is 15.9 Å². The zero-order valence-corrected chi connectivity index (χ0v) is 14.0. The van der Waals surface area contributed by atoms with Crippen LogP contribution in [0.5, 0.6) is 5.75 Å². The molecule has 0 aliphatic rings. The highest BCUT2D eigenvalue weighted by Gasteiger charge is 2.16. The second-order valence-electron chi connectivity index (χ2n) is 5.35. The summed E-state index contributed by atoms with van der Waals surface area (Å²) in [4.78, 5) is 23.0. The van der Waals surface area contributed by atoms with Gasteiger partial charge in [0.15, 0.2) is 0 Å². The molecule has 11 heteroatoms. The molecule has 1 aromatic heterocycles. The van der Waals surface area contributed by atoms with Crippen molar-refractivity contribution >= 4 is 17.3 Å². The Bertz CT molecular complexity index is 1010. The van der Waals surface area contributed by atoms with Gasteiger partial charge in [0, 0.05) is 17.3 Å². The monoisotopic (exact) mass is 372 g/mol. The van der Waals surface area contributed by atoms with Crippen molar-refractivity contribution in [2.45, 2.75) is 6.54 Å². The molecular weight excluding hydrogens is 359 g/mol. The van der Waals surface area contributed by atoms with Crippen LogP contribution in [0.25, 0.3) is 11.4 Å². The fraction of sp³-hybridized carbons (Fsp3) is 0.125. The topological polar surface area (TPSA) is 125 Å². The van der Waals surface area contributed by atoms with Gasteiger partial charge < -0.3 is 10.1 Å². The third-order valence-electron chi connectivity index (χ3n) is 3.49. The molecule has 0 unspecified atom stereocenters. The Morgan fingerprint density at radius 3 is 2.89 bits per heavy atom. The van der Waals surface area contributed by atoms with Crippen molar-refractivity contribution in [1.82, 2.24) is 20.2 Å². The number of tetrazole rings is 1. The first-order valence-corrected chi connectivity index (χ1v) is 7.62. The molecule has 0 saturated carbocycles. The van der Waals surface area contributed by atoms with Gasteiger partial charge in [-0.2, -0.15) is 9.19 Å². The number of ether oxygens (including phenoxy) is 1. The number of amides is 1. The lowest BCUT2D eigenvalue weighted by atomic mass is 10.2. The summed E-state index contributed by atoms with van der Waals surface area (Å²) < 4.78 is 18.5. The van der Waals surface area contributed by atoms with E-state index in [0.717, 1.165) is 16.9 Å². The van der Waals surface area contributed by atoms with Gasteiger partial charge >= 0.3 is 5.69 Å². The molecule has 27 heavy (non-hydrogen) atoms. The van der Waals surface area contributed by atoms with E-state index < -0.39 is 22.3 Å². The molecular formula is C16H13FN6O4. The van der Waals surface area contributed by atoms with Crippen molar-refractivity contribution in [1.29, 1.82) is 0 Å². The summed E-state index contributed by atoms with van der Waals surface area (Å²) in [5, 5.41) is 24.9. The average molecular weight is 372 g/mol. The number of hydrogen-bond acceptors (Lipinski definition) is 7. The minimum atomic E-state index is -0.987. The van der Waals surface area contributed by atoms with E-state index in [1.54, 1.807) is 24.3 Å². The van der Waals surface area contributed by atoms with Crippen molar-refractivity contribution in [3.8, 4) is 17.1 Å². The molecule has 138 valence electrons. The summed E-state index contributed by atoms with van der Waals surface area (Å²) in [5.41, 5.74) is 0.0170. The lowest BCUT2D eigenvalue weighted by Gasteiger charge is -2.04. The molecule has 0 fully saturated rings. The number of carbonyl (C=O) groups is 1. The Balaban J connectivity index is 1.69. The van der Waals surface area contributed by atoms with Crippen LogP contribution in [0.1, 0.15) is 0 Å². The van der Waals surface area contributed by atoms with E-state index >= 15 is 0 Å². The van der Waals surface area contributed by atoms with Crippen LogP contribution in [0.15, 0.2) is 42.5 Å². The van der Waals surface area contributed by atoms with Crippen LogP contribution in [0.4, 0.5) is 15.8 Å². The number of nitrogens with zero attached hydrogens (tertiary/aromatic N) is 5. The molecule has 0 aliphatic heterocycles. The van der Waals surface area contributed by atoms with Crippen LogP contribution >= 0.6 is 0 Å². The van der Waals surface area contributed by atoms with Crippen LogP contribution in [-0.2, 0) is 11.3 Å². The maximum atomic E-state index is 13.3. The number of rotatable bonds is 6. The molecule has 0 spiro atoms. The Morgan fingerprint density at radius 2 is 2.15 bits per heavy atom. The average Bonchev–Trinajstić information content (AvgIpc) is 3.11. The normalized spacial score (nSPS) is 10.4. The minimum absolute atomic E-state index is 0.0845. The number of aromatic nitrogens is 4. The molecule has 1 amide bonds. The van der Waals surface area contributed by atoms with E-state index in [4.69, 9.17) is 4.74 Å². The lowest BCUT2D eigenvalue weighted by molar-refractivity contribution is -0.387. The maximum Gasteiger partial charge on any atom is 0.306 e. The van der Waals surface area contributed by atoms with Gasteiger partial charge in [-0.15, -0.1) is 10.2 Å². The van der Waals surface area contributed by atoms with E-state index in [2.05, 4.69) is 20.7 Å². The number of nitro groups is 1. The van der Waals surface area contributed by atoms with Gasteiger partial charge in [0.1, 0.15) is 12.3 Å². The fourth-order valence-electron chi connectivity index (χ4n) is 2.25. The van der Waals surface area contributed by atoms with Crippen LogP contribution in [-0.4, -0.2) is 38.1 Å². The Kier molecular flexibility index (Phi) is 5.01. The zero-order chi connectivity index (χ0) is 19.4. The first-order valence-electron chi connectivity index (χ1n) is 7.62. The van der Waals surface area contributed by atoms with E-state index in [9.17, 15) is 19.3 Å². The quantitative estimate of drug-likeness (QED) is 0.518. The maximum absolute atomic E-state index is 13.3. The van der Waals surface area contributed by atoms with Gasteiger partial charge in [0.2, 0.25) is 17.5 Å². The highest BCUT2D eigenvalue weighted by atomic mass is 19.1. The van der Waals surface area contributed by atoms with Crippen LogP contribution < -0.4 is 10.1 Å². The van der Waals surface area contributed by atoms with E-state index in [0.29, 0.717) is 17.1 Å². The molecule has 2 aromatic carbocycles. The Hall–Kier alpha value is -3.89. The fourth-order valence-corrected chi connectivity index (χ4v) is 2.25.